The third-order valence-electron chi connectivity index (χ3n) is 3.48. The Morgan fingerprint density at radius 2 is 2.23 bits per heavy atom. The lowest BCUT2D eigenvalue weighted by Crippen LogP contribution is -2.25. The molecule has 0 saturated heterocycles. The van der Waals surface area contributed by atoms with Crippen LogP contribution in [-0.2, 0) is 11.8 Å². The molecule has 0 bridgehead atoms. The van der Waals surface area contributed by atoms with Crippen molar-refractivity contribution >= 4 is 23.2 Å². The molecule has 2 rings (SSSR count). The van der Waals surface area contributed by atoms with E-state index in [0.717, 1.165) is 5.69 Å². The molecule has 0 aliphatic rings. The standard InChI is InChI=1S/C15H18ClFN4O/c1-9(7-13(18)14-5-6-19-21(14)2)15(22)20-10-3-4-12(17)11(16)8-10/h3-6,8-9,13H,7,18H2,1-2H3,(H,20,22). The second-order valence-corrected chi connectivity index (χ2v) is 5.65. The zero-order valence-corrected chi connectivity index (χ0v) is 13.1. The number of nitrogens with one attached hydrogen (secondary N) is 1. The predicted octanol–water partition coefficient (Wildman–Crippen LogP) is 2.88. The smallest absolute Gasteiger partial charge is 0.227 e. The van der Waals surface area contributed by atoms with E-state index in [1.165, 1.54) is 18.2 Å². The second kappa shape index (κ2) is 6.89. The zero-order chi connectivity index (χ0) is 16.3. The van der Waals surface area contributed by atoms with E-state index in [-0.39, 0.29) is 22.9 Å². The minimum atomic E-state index is -0.522. The van der Waals surface area contributed by atoms with E-state index >= 15 is 0 Å². The number of benzene rings is 1. The number of hydrogen-bond donors (Lipinski definition) is 2. The van der Waals surface area contributed by atoms with Crippen LogP contribution in [0.3, 0.4) is 0 Å². The average Bonchev–Trinajstić information content (AvgIpc) is 2.89. The van der Waals surface area contributed by atoms with Gasteiger partial charge in [-0.05, 0) is 30.7 Å². The summed E-state index contributed by atoms with van der Waals surface area (Å²) in [5, 5.41) is 6.74. The van der Waals surface area contributed by atoms with Crippen LogP contribution >= 0.6 is 11.6 Å². The topological polar surface area (TPSA) is 72.9 Å². The lowest BCUT2D eigenvalue weighted by molar-refractivity contribution is -0.119. The fourth-order valence-corrected chi connectivity index (χ4v) is 2.38. The first kappa shape index (κ1) is 16.5. The number of anilines is 1. The first-order valence-electron chi connectivity index (χ1n) is 6.88. The van der Waals surface area contributed by atoms with E-state index in [0.29, 0.717) is 12.1 Å². The third-order valence-corrected chi connectivity index (χ3v) is 3.77. The van der Waals surface area contributed by atoms with E-state index in [2.05, 4.69) is 10.4 Å². The van der Waals surface area contributed by atoms with Gasteiger partial charge in [0.15, 0.2) is 0 Å². The molecule has 2 atom stereocenters. The highest BCUT2D eigenvalue weighted by atomic mass is 35.5. The van der Waals surface area contributed by atoms with Crippen LogP contribution in [0.25, 0.3) is 0 Å². The molecule has 3 N–H and O–H groups in total. The molecule has 1 aromatic heterocycles. The van der Waals surface area contributed by atoms with Gasteiger partial charge in [0.25, 0.3) is 0 Å². The first-order valence-corrected chi connectivity index (χ1v) is 7.25. The fourth-order valence-electron chi connectivity index (χ4n) is 2.20. The minimum Gasteiger partial charge on any atom is -0.326 e. The Kier molecular flexibility index (Phi) is 5.15. The van der Waals surface area contributed by atoms with Crippen LogP contribution in [0.2, 0.25) is 5.02 Å². The highest BCUT2D eigenvalue weighted by molar-refractivity contribution is 6.31. The van der Waals surface area contributed by atoms with Crippen molar-refractivity contribution in [1.82, 2.24) is 9.78 Å². The molecule has 0 saturated carbocycles. The summed E-state index contributed by atoms with van der Waals surface area (Å²) in [6.07, 6.45) is 2.14. The van der Waals surface area contributed by atoms with Gasteiger partial charge in [-0.15, -0.1) is 0 Å². The molecule has 1 amide bonds. The first-order chi connectivity index (χ1) is 10.4. The number of amides is 1. The van der Waals surface area contributed by atoms with Gasteiger partial charge in [0.1, 0.15) is 5.82 Å². The molecule has 0 fully saturated rings. The molecule has 2 unspecified atom stereocenters. The van der Waals surface area contributed by atoms with Crippen molar-refractivity contribution in [2.75, 3.05) is 5.32 Å². The van der Waals surface area contributed by atoms with E-state index in [1.807, 2.05) is 6.07 Å². The summed E-state index contributed by atoms with van der Waals surface area (Å²) in [4.78, 5) is 12.2. The number of nitrogens with zero attached hydrogens (tertiary/aromatic N) is 2. The van der Waals surface area contributed by atoms with Crippen molar-refractivity contribution in [3.63, 3.8) is 0 Å². The zero-order valence-electron chi connectivity index (χ0n) is 12.4. The van der Waals surface area contributed by atoms with Gasteiger partial charge in [0.05, 0.1) is 10.7 Å². The molecule has 22 heavy (non-hydrogen) atoms. The number of rotatable bonds is 5. The van der Waals surface area contributed by atoms with Crippen molar-refractivity contribution in [2.45, 2.75) is 19.4 Å². The Balaban J connectivity index is 1.97. The van der Waals surface area contributed by atoms with Gasteiger partial charge in [-0.25, -0.2) is 4.39 Å². The molecule has 2 aromatic rings. The number of hydrogen-bond acceptors (Lipinski definition) is 3. The molecule has 0 radical (unpaired) electrons. The monoisotopic (exact) mass is 324 g/mol. The fraction of sp³-hybridized carbons (Fsp3) is 0.333. The van der Waals surface area contributed by atoms with Gasteiger partial charge in [0.2, 0.25) is 5.91 Å². The summed E-state index contributed by atoms with van der Waals surface area (Å²) in [7, 11) is 1.81. The molecule has 1 heterocycles. The maximum atomic E-state index is 13.1. The maximum absolute atomic E-state index is 13.1. The normalized spacial score (nSPS) is 13.7. The molecular formula is C15H18ClFN4O. The van der Waals surface area contributed by atoms with E-state index < -0.39 is 5.82 Å². The van der Waals surface area contributed by atoms with Crippen LogP contribution in [0.15, 0.2) is 30.5 Å². The summed E-state index contributed by atoms with van der Waals surface area (Å²) in [5.41, 5.74) is 7.43. The highest BCUT2D eigenvalue weighted by Crippen LogP contribution is 2.22. The minimum absolute atomic E-state index is 0.0305. The van der Waals surface area contributed by atoms with Crippen LogP contribution < -0.4 is 11.1 Å². The number of carbonyl (C=O) groups is 1. The Morgan fingerprint density at radius 1 is 1.50 bits per heavy atom. The Hall–Kier alpha value is -1.92. The molecule has 118 valence electrons. The van der Waals surface area contributed by atoms with Gasteiger partial charge >= 0.3 is 0 Å². The average molecular weight is 325 g/mol. The van der Waals surface area contributed by atoms with E-state index in [9.17, 15) is 9.18 Å². The summed E-state index contributed by atoms with van der Waals surface area (Å²) < 4.78 is 14.8. The maximum Gasteiger partial charge on any atom is 0.227 e. The molecule has 0 aliphatic carbocycles. The van der Waals surface area contributed by atoms with Gasteiger partial charge in [0, 0.05) is 30.9 Å². The number of carbonyl (C=O) groups excluding carboxylic acids is 1. The largest absolute Gasteiger partial charge is 0.326 e. The van der Waals surface area contributed by atoms with Crippen molar-refractivity contribution in [1.29, 1.82) is 0 Å². The van der Waals surface area contributed by atoms with Crippen LogP contribution in [0, 0.1) is 11.7 Å². The summed E-state index contributed by atoms with van der Waals surface area (Å²) in [6, 6.07) is 5.60. The van der Waals surface area contributed by atoms with Gasteiger partial charge in [-0.2, -0.15) is 5.10 Å². The lowest BCUT2D eigenvalue weighted by atomic mass is 9.99. The van der Waals surface area contributed by atoms with Crippen LogP contribution in [0.1, 0.15) is 25.1 Å². The van der Waals surface area contributed by atoms with Crippen LogP contribution in [0.5, 0.6) is 0 Å². The van der Waals surface area contributed by atoms with Crippen molar-refractivity contribution in [2.24, 2.45) is 18.7 Å². The van der Waals surface area contributed by atoms with E-state index in [4.69, 9.17) is 17.3 Å². The molecule has 5 nitrogen and oxygen atoms in total. The van der Waals surface area contributed by atoms with Gasteiger partial charge in [-0.1, -0.05) is 18.5 Å². The van der Waals surface area contributed by atoms with Crippen molar-refractivity contribution < 1.29 is 9.18 Å². The van der Waals surface area contributed by atoms with Crippen molar-refractivity contribution in [3.05, 3.63) is 47.0 Å². The molecular weight excluding hydrogens is 307 g/mol. The molecule has 7 heteroatoms. The number of aromatic nitrogens is 2. The number of halogens is 2. The third kappa shape index (κ3) is 3.84. The molecule has 1 aromatic carbocycles. The Morgan fingerprint density at radius 3 is 2.82 bits per heavy atom. The van der Waals surface area contributed by atoms with Gasteiger partial charge < -0.3 is 11.1 Å². The van der Waals surface area contributed by atoms with Crippen LogP contribution in [0.4, 0.5) is 10.1 Å². The van der Waals surface area contributed by atoms with Crippen molar-refractivity contribution in [3.8, 4) is 0 Å². The quantitative estimate of drug-likeness (QED) is 0.888. The van der Waals surface area contributed by atoms with Crippen LogP contribution in [-0.4, -0.2) is 15.7 Å². The molecule has 0 spiro atoms. The highest BCUT2D eigenvalue weighted by Gasteiger charge is 2.19. The summed E-state index contributed by atoms with van der Waals surface area (Å²) >= 11 is 5.69. The summed E-state index contributed by atoms with van der Waals surface area (Å²) in [6.45, 7) is 1.79. The Bertz CT molecular complexity index is 673. The Labute approximate surface area is 133 Å². The number of aryl methyl sites for hydroxylation is 1. The lowest BCUT2D eigenvalue weighted by Gasteiger charge is -2.17. The summed E-state index contributed by atoms with van der Waals surface area (Å²) in [5.74, 6) is -1.03. The number of nitrogens with two attached hydrogens (primary N) is 1. The predicted molar refractivity (Wildman–Crippen MR) is 84.0 cm³/mol. The molecule has 0 aliphatic heterocycles. The SMILES string of the molecule is CC(CC(N)c1ccnn1C)C(=O)Nc1ccc(F)c(Cl)c1. The van der Waals surface area contributed by atoms with E-state index in [1.54, 1.807) is 24.9 Å². The second-order valence-electron chi connectivity index (χ2n) is 5.24. The van der Waals surface area contributed by atoms with Gasteiger partial charge in [-0.3, -0.25) is 9.48 Å².